The summed E-state index contributed by atoms with van der Waals surface area (Å²) in [5.41, 5.74) is 0. The number of carbonyl (C=O) groups excluding carboxylic acids is 2. The van der Waals surface area contributed by atoms with E-state index in [1.54, 1.807) is 19.1 Å². The van der Waals surface area contributed by atoms with Crippen molar-refractivity contribution in [2.24, 2.45) is 0 Å². The van der Waals surface area contributed by atoms with Gasteiger partial charge in [0.15, 0.2) is 5.76 Å². The molecule has 3 heterocycles. The van der Waals surface area contributed by atoms with Gasteiger partial charge in [-0.05, 0) is 38.3 Å². The van der Waals surface area contributed by atoms with Crippen molar-refractivity contribution in [3.05, 3.63) is 24.2 Å². The third-order valence-electron chi connectivity index (χ3n) is 4.30. The standard InChI is InChI=1S/C15H21N3O3/c1-10(16-14(19)13-3-2-8-21-13)15(20)18-7-6-11-4-5-12(9-18)17-11/h2-3,8,10-12,17H,4-7,9H2,1H3,(H,16,19). The minimum absolute atomic E-state index is 0.0238. The molecule has 1 aromatic rings. The van der Waals surface area contributed by atoms with E-state index in [0.29, 0.717) is 12.1 Å². The average molecular weight is 291 g/mol. The number of nitrogens with zero attached hydrogens (tertiary/aromatic N) is 1. The molecule has 2 bridgehead atoms. The number of fused-ring (bicyclic) bond motifs is 2. The summed E-state index contributed by atoms with van der Waals surface area (Å²) >= 11 is 0. The van der Waals surface area contributed by atoms with Gasteiger partial charge in [-0.15, -0.1) is 0 Å². The molecule has 1 aromatic heterocycles. The van der Waals surface area contributed by atoms with E-state index in [-0.39, 0.29) is 17.6 Å². The normalized spacial score (nSPS) is 26.2. The Morgan fingerprint density at radius 3 is 2.95 bits per heavy atom. The first-order valence-electron chi connectivity index (χ1n) is 7.52. The van der Waals surface area contributed by atoms with Crippen LogP contribution in [-0.2, 0) is 4.79 Å². The van der Waals surface area contributed by atoms with Crippen LogP contribution in [0.25, 0.3) is 0 Å². The van der Waals surface area contributed by atoms with Crippen LogP contribution in [0.3, 0.4) is 0 Å². The molecule has 2 saturated heterocycles. The van der Waals surface area contributed by atoms with Crippen LogP contribution in [0.2, 0.25) is 0 Å². The summed E-state index contributed by atoms with van der Waals surface area (Å²) in [5, 5.41) is 6.24. The van der Waals surface area contributed by atoms with Crippen LogP contribution in [0, 0.1) is 0 Å². The summed E-state index contributed by atoms with van der Waals surface area (Å²) in [6.07, 6.45) is 4.76. The molecule has 0 saturated carbocycles. The van der Waals surface area contributed by atoms with Gasteiger partial charge >= 0.3 is 0 Å². The molecule has 2 aliphatic heterocycles. The third kappa shape index (κ3) is 3.10. The highest BCUT2D eigenvalue weighted by atomic mass is 16.3. The summed E-state index contributed by atoms with van der Waals surface area (Å²) in [5.74, 6) is -0.147. The quantitative estimate of drug-likeness (QED) is 0.862. The van der Waals surface area contributed by atoms with Crippen LogP contribution in [0.15, 0.2) is 22.8 Å². The first kappa shape index (κ1) is 14.1. The lowest BCUT2D eigenvalue weighted by Gasteiger charge is -2.27. The van der Waals surface area contributed by atoms with Crippen molar-refractivity contribution in [3.63, 3.8) is 0 Å². The smallest absolute Gasteiger partial charge is 0.287 e. The summed E-state index contributed by atoms with van der Waals surface area (Å²) in [6, 6.07) is 3.63. The average Bonchev–Trinajstić information content (AvgIpc) is 3.07. The SMILES string of the molecule is CC(NC(=O)c1ccco1)C(=O)N1CCC2CCC(C1)N2. The number of carbonyl (C=O) groups is 2. The molecule has 6 nitrogen and oxygen atoms in total. The fraction of sp³-hybridized carbons (Fsp3) is 0.600. The summed E-state index contributed by atoms with van der Waals surface area (Å²) in [4.78, 5) is 26.3. The molecule has 2 amide bonds. The van der Waals surface area contributed by atoms with Gasteiger partial charge in [-0.25, -0.2) is 0 Å². The topological polar surface area (TPSA) is 74.6 Å². The second-order valence-corrected chi connectivity index (χ2v) is 5.88. The van der Waals surface area contributed by atoms with Crippen molar-refractivity contribution in [2.45, 2.75) is 44.3 Å². The Hall–Kier alpha value is -1.82. The fourth-order valence-electron chi connectivity index (χ4n) is 3.15. The zero-order valence-corrected chi connectivity index (χ0v) is 12.2. The molecule has 6 heteroatoms. The maximum Gasteiger partial charge on any atom is 0.287 e. The molecule has 3 rings (SSSR count). The summed E-state index contributed by atoms with van der Waals surface area (Å²) < 4.78 is 5.03. The predicted molar refractivity (Wildman–Crippen MR) is 76.8 cm³/mol. The Morgan fingerprint density at radius 2 is 2.19 bits per heavy atom. The van der Waals surface area contributed by atoms with E-state index in [0.717, 1.165) is 25.9 Å². The van der Waals surface area contributed by atoms with Crippen LogP contribution in [0.5, 0.6) is 0 Å². The largest absolute Gasteiger partial charge is 0.459 e. The van der Waals surface area contributed by atoms with Gasteiger partial charge in [0.25, 0.3) is 5.91 Å². The Labute approximate surface area is 123 Å². The molecule has 2 aliphatic rings. The summed E-state index contributed by atoms with van der Waals surface area (Å²) in [6.45, 7) is 3.21. The minimum Gasteiger partial charge on any atom is -0.459 e. The molecule has 2 N–H and O–H groups in total. The number of nitrogens with one attached hydrogen (secondary N) is 2. The highest BCUT2D eigenvalue weighted by Gasteiger charge is 2.32. The van der Waals surface area contributed by atoms with Gasteiger partial charge in [0, 0.05) is 25.2 Å². The Morgan fingerprint density at radius 1 is 1.38 bits per heavy atom. The second-order valence-electron chi connectivity index (χ2n) is 5.88. The van der Waals surface area contributed by atoms with Crippen molar-refractivity contribution in [1.29, 1.82) is 0 Å². The lowest BCUT2D eigenvalue weighted by Crippen LogP contribution is -2.49. The molecule has 0 radical (unpaired) electrons. The zero-order valence-electron chi connectivity index (χ0n) is 12.2. The predicted octanol–water partition coefficient (Wildman–Crippen LogP) is 0.751. The molecule has 114 valence electrons. The number of hydrogen-bond acceptors (Lipinski definition) is 4. The number of rotatable bonds is 3. The van der Waals surface area contributed by atoms with Gasteiger partial charge in [0.05, 0.1) is 6.26 Å². The Bertz CT molecular complexity index is 514. The van der Waals surface area contributed by atoms with Crippen molar-refractivity contribution in [2.75, 3.05) is 13.1 Å². The van der Waals surface area contributed by atoms with E-state index in [9.17, 15) is 9.59 Å². The first-order chi connectivity index (χ1) is 10.1. The van der Waals surface area contributed by atoms with E-state index in [1.165, 1.54) is 12.7 Å². The van der Waals surface area contributed by atoms with Crippen LogP contribution in [0.4, 0.5) is 0 Å². The maximum absolute atomic E-state index is 12.5. The van der Waals surface area contributed by atoms with Crippen LogP contribution >= 0.6 is 0 Å². The molecule has 3 unspecified atom stereocenters. The molecule has 3 atom stereocenters. The molecular weight excluding hydrogens is 270 g/mol. The molecule has 0 aliphatic carbocycles. The van der Waals surface area contributed by atoms with Gasteiger partial charge in [-0.2, -0.15) is 0 Å². The maximum atomic E-state index is 12.5. The third-order valence-corrected chi connectivity index (χ3v) is 4.30. The monoisotopic (exact) mass is 291 g/mol. The van der Waals surface area contributed by atoms with Crippen molar-refractivity contribution in [3.8, 4) is 0 Å². The Balaban J connectivity index is 1.58. The van der Waals surface area contributed by atoms with Crippen LogP contribution in [0.1, 0.15) is 36.7 Å². The Kier molecular flexibility index (Phi) is 3.96. The number of furan rings is 1. The van der Waals surface area contributed by atoms with Gasteiger partial charge in [0.2, 0.25) is 5.91 Å². The molecule has 21 heavy (non-hydrogen) atoms. The van der Waals surface area contributed by atoms with E-state index < -0.39 is 6.04 Å². The molecule has 0 spiro atoms. The highest BCUT2D eigenvalue weighted by Crippen LogP contribution is 2.20. The van der Waals surface area contributed by atoms with Crippen molar-refractivity contribution >= 4 is 11.8 Å². The van der Waals surface area contributed by atoms with E-state index in [2.05, 4.69) is 10.6 Å². The van der Waals surface area contributed by atoms with Gasteiger partial charge < -0.3 is 20.0 Å². The van der Waals surface area contributed by atoms with Crippen molar-refractivity contribution < 1.29 is 14.0 Å². The molecule has 0 aromatic carbocycles. The lowest BCUT2D eigenvalue weighted by atomic mass is 10.1. The number of likely N-dealkylation sites (tertiary alicyclic amines) is 1. The number of amides is 2. The zero-order chi connectivity index (χ0) is 14.8. The van der Waals surface area contributed by atoms with Gasteiger partial charge in [-0.1, -0.05) is 0 Å². The van der Waals surface area contributed by atoms with Crippen molar-refractivity contribution in [1.82, 2.24) is 15.5 Å². The fourth-order valence-corrected chi connectivity index (χ4v) is 3.15. The summed E-state index contributed by atoms with van der Waals surface area (Å²) in [7, 11) is 0. The highest BCUT2D eigenvalue weighted by molar-refractivity contribution is 5.95. The van der Waals surface area contributed by atoms with E-state index in [1.807, 2.05) is 4.90 Å². The lowest BCUT2D eigenvalue weighted by molar-refractivity contribution is -0.133. The van der Waals surface area contributed by atoms with Gasteiger partial charge in [0.1, 0.15) is 6.04 Å². The second kappa shape index (κ2) is 5.89. The number of hydrogen-bond donors (Lipinski definition) is 2. The van der Waals surface area contributed by atoms with Crippen LogP contribution in [-0.4, -0.2) is 47.9 Å². The molecular formula is C15H21N3O3. The molecule has 2 fully saturated rings. The van der Waals surface area contributed by atoms with E-state index in [4.69, 9.17) is 4.42 Å². The first-order valence-corrected chi connectivity index (χ1v) is 7.52. The van der Waals surface area contributed by atoms with Gasteiger partial charge in [-0.3, -0.25) is 9.59 Å². The van der Waals surface area contributed by atoms with Crippen LogP contribution < -0.4 is 10.6 Å². The minimum atomic E-state index is -0.542. The van der Waals surface area contributed by atoms with E-state index >= 15 is 0 Å².